The molecule has 0 amide bonds. The van der Waals surface area contributed by atoms with Gasteiger partial charge < -0.3 is 19.7 Å². The van der Waals surface area contributed by atoms with Crippen LogP contribution in [0.15, 0.2) is 18.2 Å². The Kier molecular flexibility index (Phi) is 5.48. The van der Waals surface area contributed by atoms with E-state index in [1.807, 2.05) is 0 Å². The highest BCUT2D eigenvalue weighted by Crippen LogP contribution is 2.32. The summed E-state index contributed by atoms with van der Waals surface area (Å²) >= 11 is 0. The molecule has 1 aromatic carbocycles. The number of nitrogens with zero attached hydrogens (tertiary/aromatic N) is 1. The molecule has 0 saturated heterocycles. The maximum absolute atomic E-state index is 5.21. The summed E-state index contributed by atoms with van der Waals surface area (Å²) in [6.07, 6.45) is 2.38. The Hall–Kier alpha value is -1.26. The van der Waals surface area contributed by atoms with Crippen molar-refractivity contribution in [1.82, 2.24) is 0 Å². The quantitative estimate of drug-likeness (QED) is 0.818. The maximum Gasteiger partial charge on any atom is 0.0637 e. The number of hydrogen-bond acceptors (Lipinski definition) is 4. The lowest BCUT2D eigenvalue weighted by Gasteiger charge is -2.30. The fraction of sp³-hybridized carbons (Fsp3) is 0.600. The SMILES string of the molecule is COCCN(CCOC)c1cccc2c1NCCC2. The summed E-state index contributed by atoms with van der Waals surface area (Å²) in [6, 6.07) is 6.55. The summed E-state index contributed by atoms with van der Waals surface area (Å²) < 4.78 is 10.4. The van der Waals surface area contributed by atoms with E-state index in [1.165, 1.54) is 29.8 Å². The Morgan fingerprint density at radius 3 is 2.58 bits per heavy atom. The van der Waals surface area contributed by atoms with Crippen LogP contribution < -0.4 is 10.2 Å². The molecule has 1 N–H and O–H groups in total. The lowest BCUT2D eigenvalue weighted by Crippen LogP contribution is -2.32. The Morgan fingerprint density at radius 1 is 1.16 bits per heavy atom. The third-order valence-electron chi connectivity index (χ3n) is 3.52. The molecule has 0 bridgehead atoms. The number of benzene rings is 1. The minimum Gasteiger partial charge on any atom is -0.383 e. The van der Waals surface area contributed by atoms with Crippen LogP contribution in [0.1, 0.15) is 12.0 Å². The van der Waals surface area contributed by atoms with Crippen molar-refractivity contribution in [3.63, 3.8) is 0 Å². The number of nitrogens with one attached hydrogen (secondary N) is 1. The smallest absolute Gasteiger partial charge is 0.0637 e. The molecule has 0 unspecified atom stereocenters. The lowest BCUT2D eigenvalue weighted by molar-refractivity contribution is 0.190. The van der Waals surface area contributed by atoms with Crippen LogP contribution in [0.2, 0.25) is 0 Å². The van der Waals surface area contributed by atoms with Crippen molar-refractivity contribution in [3.8, 4) is 0 Å². The molecule has 1 aliphatic rings. The standard InChI is InChI=1S/C15H24N2O2/c1-18-11-9-17(10-12-19-2)14-7-3-5-13-6-4-8-16-15(13)14/h3,5,7,16H,4,6,8-12H2,1-2H3. The highest BCUT2D eigenvalue weighted by molar-refractivity contribution is 5.74. The van der Waals surface area contributed by atoms with Gasteiger partial charge in [-0.05, 0) is 24.5 Å². The molecular formula is C15H24N2O2. The predicted octanol–water partition coefficient (Wildman–Crippen LogP) is 2.14. The second-order valence-corrected chi connectivity index (χ2v) is 4.81. The summed E-state index contributed by atoms with van der Waals surface area (Å²) in [5, 5.41) is 3.54. The number of rotatable bonds is 7. The van der Waals surface area contributed by atoms with Crippen LogP contribution in [0.3, 0.4) is 0 Å². The molecule has 1 aromatic rings. The fourth-order valence-electron chi connectivity index (χ4n) is 2.51. The predicted molar refractivity (Wildman–Crippen MR) is 79.2 cm³/mol. The van der Waals surface area contributed by atoms with Gasteiger partial charge in [0, 0.05) is 33.9 Å². The molecule has 19 heavy (non-hydrogen) atoms. The fourth-order valence-corrected chi connectivity index (χ4v) is 2.51. The molecule has 1 heterocycles. The Balaban J connectivity index is 2.19. The van der Waals surface area contributed by atoms with Gasteiger partial charge in [0.25, 0.3) is 0 Å². The molecule has 0 spiro atoms. The first-order chi connectivity index (χ1) is 9.36. The van der Waals surface area contributed by atoms with E-state index >= 15 is 0 Å². The van der Waals surface area contributed by atoms with Crippen molar-refractivity contribution in [2.45, 2.75) is 12.8 Å². The van der Waals surface area contributed by atoms with Crippen LogP contribution in [0, 0.1) is 0 Å². The van der Waals surface area contributed by atoms with Crippen LogP contribution in [-0.4, -0.2) is 47.1 Å². The first kappa shape index (κ1) is 14.2. The lowest BCUT2D eigenvalue weighted by atomic mass is 10.0. The molecule has 0 radical (unpaired) electrons. The normalized spacial score (nSPS) is 13.8. The first-order valence-electron chi connectivity index (χ1n) is 6.95. The average molecular weight is 264 g/mol. The van der Waals surface area contributed by atoms with Gasteiger partial charge in [0.05, 0.1) is 24.6 Å². The van der Waals surface area contributed by atoms with Gasteiger partial charge in [-0.3, -0.25) is 0 Å². The summed E-state index contributed by atoms with van der Waals surface area (Å²) in [7, 11) is 3.49. The van der Waals surface area contributed by atoms with E-state index in [0.29, 0.717) is 0 Å². The molecule has 0 fully saturated rings. The van der Waals surface area contributed by atoms with E-state index < -0.39 is 0 Å². The maximum atomic E-state index is 5.21. The minimum absolute atomic E-state index is 0.730. The van der Waals surface area contributed by atoms with Crippen molar-refractivity contribution in [2.75, 3.05) is 57.3 Å². The van der Waals surface area contributed by atoms with Crippen LogP contribution in [-0.2, 0) is 15.9 Å². The molecule has 0 atom stereocenters. The largest absolute Gasteiger partial charge is 0.383 e. The van der Waals surface area contributed by atoms with E-state index in [2.05, 4.69) is 28.4 Å². The zero-order valence-electron chi connectivity index (χ0n) is 11.9. The number of hydrogen-bond donors (Lipinski definition) is 1. The van der Waals surface area contributed by atoms with Gasteiger partial charge in [-0.25, -0.2) is 0 Å². The summed E-state index contributed by atoms with van der Waals surface area (Å²) in [6.45, 7) is 4.29. The molecule has 4 nitrogen and oxygen atoms in total. The molecule has 106 valence electrons. The average Bonchev–Trinajstić information content (AvgIpc) is 2.47. The van der Waals surface area contributed by atoms with Crippen LogP contribution in [0.5, 0.6) is 0 Å². The zero-order chi connectivity index (χ0) is 13.5. The van der Waals surface area contributed by atoms with Crippen LogP contribution in [0.4, 0.5) is 11.4 Å². The van der Waals surface area contributed by atoms with Gasteiger partial charge in [0.2, 0.25) is 0 Å². The first-order valence-corrected chi connectivity index (χ1v) is 6.95. The molecule has 2 rings (SSSR count). The number of aryl methyl sites for hydroxylation is 1. The summed E-state index contributed by atoms with van der Waals surface area (Å²) in [4.78, 5) is 2.34. The van der Waals surface area contributed by atoms with E-state index in [1.54, 1.807) is 14.2 Å². The third-order valence-corrected chi connectivity index (χ3v) is 3.52. The molecule has 1 aliphatic heterocycles. The van der Waals surface area contributed by atoms with Gasteiger partial charge in [-0.1, -0.05) is 12.1 Å². The van der Waals surface area contributed by atoms with Crippen LogP contribution in [0.25, 0.3) is 0 Å². The van der Waals surface area contributed by atoms with E-state index in [-0.39, 0.29) is 0 Å². The topological polar surface area (TPSA) is 33.7 Å². The van der Waals surface area contributed by atoms with E-state index in [0.717, 1.165) is 32.8 Å². The van der Waals surface area contributed by atoms with Gasteiger partial charge in [0.15, 0.2) is 0 Å². The Morgan fingerprint density at radius 2 is 1.89 bits per heavy atom. The van der Waals surface area contributed by atoms with Gasteiger partial charge in [-0.15, -0.1) is 0 Å². The van der Waals surface area contributed by atoms with Gasteiger partial charge in [0.1, 0.15) is 0 Å². The highest BCUT2D eigenvalue weighted by Gasteiger charge is 2.16. The van der Waals surface area contributed by atoms with E-state index in [9.17, 15) is 0 Å². The Labute approximate surface area is 115 Å². The number of anilines is 2. The third kappa shape index (κ3) is 3.61. The number of para-hydroxylation sites is 1. The highest BCUT2D eigenvalue weighted by atomic mass is 16.5. The van der Waals surface area contributed by atoms with Crippen molar-refractivity contribution in [1.29, 1.82) is 0 Å². The molecule has 0 aliphatic carbocycles. The van der Waals surface area contributed by atoms with Crippen molar-refractivity contribution >= 4 is 11.4 Å². The Bertz CT molecular complexity index is 388. The van der Waals surface area contributed by atoms with Gasteiger partial charge >= 0.3 is 0 Å². The van der Waals surface area contributed by atoms with E-state index in [4.69, 9.17) is 9.47 Å². The summed E-state index contributed by atoms with van der Waals surface area (Å²) in [5.41, 5.74) is 3.98. The summed E-state index contributed by atoms with van der Waals surface area (Å²) in [5.74, 6) is 0. The second-order valence-electron chi connectivity index (χ2n) is 4.81. The van der Waals surface area contributed by atoms with Crippen molar-refractivity contribution in [3.05, 3.63) is 23.8 Å². The number of methoxy groups -OCH3 is 2. The molecule has 0 aromatic heterocycles. The monoisotopic (exact) mass is 264 g/mol. The number of ether oxygens (including phenoxy) is 2. The van der Waals surface area contributed by atoms with Crippen LogP contribution >= 0.6 is 0 Å². The van der Waals surface area contributed by atoms with Gasteiger partial charge in [-0.2, -0.15) is 0 Å². The molecular weight excluding hydrogens is 240 g/mol. The second kappa shape index (κ2) is 7.36. The minimum atomic E-state index is 0.730. The molecule has 4 heteroatoms. The van der Waals surface area contributed by atoms with Crippen molar-refractivity contribution in [2.24, 2.45) is 0 Å². The zero-order valence-corrected chi connectivity index (χ0v) is 11.9. The number of fused-ring (bicyclic) bond motifs is 1. The molecule has 0 saturated carbocycles. The van der Waals surface area contributed by atoms with Crippen molar-refractivity contribution < 1.29 is 9.47 Å².